The van der Waals surface area contributed by atoms with Crippen molar-refractivity contribution in [2.45, 2.75) is 38.5 Å². The molecule has 8 heteroatoms. The summed E-state index contributed by atoms with van der Waals surface area (Å²) in [6, 6.07) is 14.3. The number of benzene rings is 2. The molecule has 3 aromatic rings. The molecular weight excluding hydrogens is 444 g/mol. The zero-order valence-electron chi connectivity index (χ0n) is 20.1. The molecule has 1 amide bonds. The Labute approximate surface area is 204 Å². The molecule has 0 radical (unpaired) electrons. The molecule has 2 aromatic carbocycles. The highest BCUT2D eigenvalue weighted by atomic mass is 16.5. The van der Waals surface area contributed by atoms with E-state index in [0.717, 1.165) is 22.3 Å². The molecule has 2 fully saturated rings. The number of aromatic nitrogens is 1. The van der Waals surface area contributed by atoms with Crippen LogP contribution in [0.2, 0.25) is 0 Å². The molecule has 0 bridgehead atoms. The van der Waals surface area contributed by atoms with Gasteiger partial charge in [0.1, 0.15) is 11.8 Å². The molecule has 182 valence electrons. The Morgan fingerprint density at radius 1 is 1.09 bits per heavy atom. The molecule has 3 N–H and O–H groups in total. The van der Waals surface area contributed by atoms with Crippen molar-refractivity contribution in [3.63, 3.8) is 0 Å². The van der Waals surface area contributed by atoms with Gasteiger partial charge >= 0.3 is 0 Å². The number of nitrogens with one attached hydrogen (secondary N) is 2. The number of aromatic hydroxyl groups is 1. The number of fused-ring (bicyclic) bond motifs is 1. The van der Waals surface area contributed by atoms with Crippen LogP contribution in [0.1, 0.15) is 41.3 Å². The van der Waals surface area contributed by atoms with Crippen molar-refractivity contribution >= 4 is 5.91 Å². The number of carbonyl (C=O) groups excluding carboxylic acids is 1. The third-order valence-corrected chi connectivity index (χ3v) is 6.84. The molecule has 5 rings (SSSR count). The maximum absolute atomic E-state index is 13.7. The summed E-state index contributed by atoms with van der Waals surface area (Å²) >= 11 is 0. The number of rotatable bonds is 7. The van der Waals surface area contributed by atoms with Crippen molar-refractivity contribution in [2.75, 3.05) is 13.7 Å². The van der Waals surface area contributed by atoms with Crippen LogP contribution in [0, 0.1) is 12.8 Å². The van der Waals surface area contributed by atoms with Crippen LogP contribution in [0.5, 0.6) is 17.2 Å². The van der Waals surface area contributed by atoms with E-state index in [0.29, 0.717) is 24.7 Å². The number of pyridine rings is 1. The van der Waals surface area contributed by atoms with Crippen LogP contribution in [0.3, 0.4) is 0 Å². The summed E-state index contributed by atoms with van der Waals surface area (Å²) in [6.45, 7) is 4.87. The molecule has 2 aliphatic rings. The van der Waals surface area contributed by atoms with Gasteiger partial charge in [0.2, 0.25) is 5.91 Å². The third-order valence-electron chi connectivity index (χ3n) is 6.84. The predicted molar refractivity (Wildman–Crippen MR) is 131 cm³/mol. The lowest BCUT2D eigenvalue weighted by atomic mass is 9.82. The summed E-state index contributed by atoms with van der Waals surface area (Å²) in [6.07, 6.45) is 3.51. The summed E-state index contributed by atoms with van der Waals surface area (Å²) in [5.74, 6) is 1.31. The number of methoxy groups -OCH3 is 1. The van der Waals surface area contributed by atoms with E-state index in [-0.39, 0.29) is 29.7 Å². The van der Waals surface area contributed by atoms with Gasteiger partial charge in [-0.05, 0) is 49.2 Å². The Morgan fingerprint density at radius 3 is 2.66 bits per heavy atom. The Kier molecular flexibility index (Phi) is 6.32. The van der Waals surface area contributed by atoms with E-state index in [1.807, 2.05) is 61.2 Å². The van der Waals surface area contributed by atoms with Crippen LogP contribution in [0.25, 0.3) is 0 Å². The van der Waals surface area contributed by atoms with E-state index in [2.05, 4.69) is 15.8 Å². The van der Waals surface area contributed by atoms with E-state index in [4.69, 9.17) is 9.47 Å². The van der Waals surface area contributed by atoms with E-state index in [1.54, 1.807) is 25.6 Å². The van der Waals surface area contributed by atoms with Crippen LogP contribution in [-0.4, -0.2) is 40.7 Å². The second-order valence-corrected chi connectivity index (χ2v) is 9.00. The van der Waals surface area contributed by atoms with Crippen molar-refractivity contribution < 1.29 is 19.4 Å². The first kappa shape index (κ1) is 23.1. The molecule has 4 unspecified atom stereocenters. The van der Waals surface area contributed by atoms with Crippen LogP contribution < -0.4 is 20.3 Å². The number of hydrogen-bond donors (Lipinski definition) is 3. The standard InChI is InChI=1S/C27H30N4O4/c1-4-35-21-10-8-18(13-22(21)34-3)26-23-24(19-12-16(2)7-9-20(19)32)29-30-25(23)27(33)31(26)15-17-6-5-11-28-14-17/h5-14,23-26,29-30,32H,4,15H2,1-3H3. The van der Waals surface area contributed by atoms with Crippen LogP contribution in [-0.2, 0) is 11.3 Å². The number of ether oxygens (including phenoxy) is 2. The van der Waals surface area contributed by atoms with Gasteiger partial charge in [-0.2, -0.15) is 0 Å². The lowest BCUT2D eigenvalue weighted by Gasteiger charge is -2.32. The normalized spacial score (nSPS) is 23.4. The second kappa shape index (κ2) is 9.56. The Bertz CT molecular complexity index is 1220. The quantitative estimate of drug-likeness (QED) is 0.483. The molecule has 3 heterocycles. The average molecular weight is 475 g/mol. The molecule has 35 heavy (non-hydrogen) atoms. The van der Waals surface area contributed by atoms with E-state index in [1.165, 1.54) is 0 Å². The second-order valence-electron chi connectivity index (χ2n) is 9.00. The van der Waals surface area contributed by atoms with Gasteiger partial charge in [-0.3, -0.25) is 9.78 Å². The van der Waals surface area contributed by atoms with E-state index in [9.17, 15) is 9.90 Å². The maximum Gasteiger partial charge on any atom is 0.242 e. The van der Waals surface area contributed by atoms with Gasteiger partial charge in [-0.25, -0.2) is 10.9 Å². The first-order valence-electron chi connectivity index (χ1n) is 11.8. The summed E-state index contributed by atoms with van der Waals surface area (Å²) < 4.78 is 11.4. The van der Waals surface area contributed by atoms with Gasteiger partial charge < -0.3 is 19.5 Å². The van der Waals surface area contributed by atoms with Crippen molar-refractivity contribution in [2.24, 2.45) is 5.92 Å². The summed E-state index contributed by atoms with van der Waals surface area (Å²) in [4.78, 5) is 19.8. The molecule has 8 nitrogen and oxygen atoms in total. The fourth-order valence-corrected chi connectivity index (χ4v) is 5.30. The summed E-state index contributed by atoms with van der Waals surface area (Å²) in [7, 11) is 1.61. The molecule has 0 aliphatic carbocycles. The molecule has 2 aliphatic heterocycles. The maximum atomic E-state index is 13.7. The van der Waals surface area contributed by atoms with Gasteiger partial charge in [0.25, 0.3) is 0 Å². The minimum Gasteiger partial charge on any atom is -0.508 e. The number of amides is 1. The molecule has 2 saturated heterocycles. The average Bonchev–Trinajstić information content (AvgIpc) is 3.41. The highest BCUT2D eigenvalue weighted by molar-refractivity contribution is 5.86. The summed E-state index contributed by atoms with van der Waals surface area (Å²) in [5.41, 5.74) is 10.2. The number of nitrogens with zero attached hydrogens (tertiary/aromatic N) is 2. The first-order chi connectivity index (χ1) is 17.0. The van der Waals surface area contributed by atoms with Gasteiger partial charge in [-0.1, -0.05) is 29.8 Å². The lowest BCUT2D eigenvalue weighted by Crippen LogP contribution is -2.41. The van der Waals surface area contributed by atoms with Crippen molar-refractivity contribution in [3.05, 3.63) is 83.2 Å². The number of aryl methyl sites for hydroxylation is 1. The SMILES string of the molecule is CCOc1ccc(C2C3C(NNC3c3cc(C)ccc3O)C(=O)N2Cc2cccnc2)cc1OC. The zero-order chi connectivity index (χ0) is 24.5. The zero-order valence-corrected chi connectivity index (χ0v) is 20.1. The van der Waals surface area contributed by atoms with Gasteiger partial charge in [0.05, 0.1) is 25.8 Å². The van der Waals surface area contributed by atoms with Gasteiger partial charge in [-0.15, -0.1) is 0 Å². The highest BCUT2D eigenvalue weighted by Gasteiger charge is 2.56. The smallest absolute Gasteiger partial charge is 0.242 e. The number of phenolic OH excluding ortho intramolecular Hbond substituents is 1. The molecule has 1 aromatic heterocycles. The fourth-order valence-electron chi connectivity index (χ4n) is 5.30. The van der Waals surface area contributed by atoms with Crippen LogP contribution in [0.15, 0.2) is 60.9 Å². The van der Waals surface area contributed by atoms with Crippen LogP contribution >= 0.6 is 0 Å². The molecule has 0 spiro atoms. The fraction of sp³-hybridized carbons (Fsp3) is 0.333. The number of hydrazine groups is 1. The number of hydrogen-bond acceptors (Lipinski definition) is 7. The van der Waals surface area contributed by atoms with Crippen molar-refractivity contribution in [1.29, 1.82) is 0 Å². The predicted octanol–water partition coefficient (Wildman–Crippen LogP) is 3.42. The monoisotopic (exact) mass is 474 g/mol. The molecule has 4 atom stereocenters. The highest BCUT2D eigenvalue weighted by Crippen LogP contribution is 2.50. The number of phenols is 1. The first-order valence-corrected chi connectivity index (χ1v) is 11.8. The van der Waals surface area contributed by atoms with Crippen molar-refractivity contribution in [3.8, 4) is 17.2 Å². The number of likely N-dealkylation sites (tertiary alicyclic amines) is 1. The molecule has 0 saturated carbocycles. The molecular formula is C27H30N4O4. The van der Waals surface area contributed by atoms with Crippen molar-refractivity contribution in [1.82, 2.24) is 20.7 Å². The number of carbonyl (C=O) groups is 1. The van der Waals surface area contributed by atoms with Gasteiger partial charge in [0.15, 0.2) is 11.5 Å². The van der Waals surface area contributed by atoms with Crippen LogP contribution in [0.4, 0.5) is 0 Å². The van der Waals surface area contributed by atoms with E-state index >= 15 is 0 Å². The Balaban J connectivity index is 1.60. The van der Waals surface area contributed by atoms with Gasteiger partial charge in [0, 0.05) is 30.4 Å². The minimum absolute atomic E-state index is 0.00107. The van der Waals surface area contributed by atoms with E-state index < -0.39 is 6.04 Å². The minimum atomic E-state index is -0.445. The largest absolute Gasteiger partial charge is 0.508 e. The topological polar surface area (TPSA) is 96.0 Å². The third kappa shape index (κ3) is 4.19. The Morgan fingerprint density at radius 2 is 1.91 bits per heavy atom. The summed E-state index contributed by atoms with van der Waals surface area (Å²) in [5, 5.41) is 10.7. The lowest BCUT2D eigenvalue weighted by molar-refractivity contribution is -0.131. The Hall–Kier alpha value is -3.62.